The number of aromatic nitrogens is 1. The number of rotatable bonds is 4. The summed E-state index contributed by atoms with van der Waals surface area (Å²) in [4.78, 5) is 17.9. The van der Waals surface area contributed by atoms with Crippen LogP contribution in [0, 0.1) is 11.3 Å². The van der Waals surface area contributed by atoms with Crippen molar-refractivity contribution >= 4 is 22.5 Å². The topological polar surface area (TPSA) is 80.1 Å². The average molecular weight is 331 g/mol. The first-order valence-electron chi connectivity index (χ1n) is 8.25. The van der Waals surface area contributed by atoms with E-state index in [4.69, 9.17) is 5.26 Å². The van der Waals surface area contributed by atoms with Crippen molar-refractivity contribution < 1.29 is 9.90 Å². The minimum absolute atomic E-state index is 0.364. The quantitative estimate of drug-likeness (QED) is 0.721. The molecule has 4 rings (SSSR count). The Balaban J connectivity index is 1.87. The Morgan fingerprint density at radius 2 is 1.88 bits per heavy atom. The molecule has 0 saturated carbocycles. The van der Waals surface area contributed by atoms with Crippen LogP contribution >= 0.6 is 0 Å². The summed E-state index contributed by atoms with van der Waals surface area (Å²) in [6.45, 7) is 0.411. The molecule has 3 aromatic rings. The van der Waals surface area contributed by atoms with Gasteiger partial charge in [0.15, 0.2) is 5.60 Å². The maximum Gasteiger partial charge on any atom is 0.268 e. The SMILES string of the molecule is N#CCCCN1C(=O)C(O)(c2c[nH]c3ccccc23)c2ccccc21. The Hall–Kier alpha value is -3.10. The van der Waals surface area contributed by atoms with E-state index in [0.29, 0.717) is 36.2 Å². The van der Waals surface area contributed by atoms with Crippen LogP contribution in [-0.2, 0) is 10.4 Å². The summed E-state index contributed by atoms with van der Waals surface area (Å²) in [5.74, 6) is -0.364. The molecule has 5 nitrogen and oxygen atoms in total. The van der Waals surface area contributed by atoms with E-state index in [9.17, 15) is 9.90 Å². The number of hydrogen-bond acceptors (Lipinski definition) is 3. The molecule has 5 heteroatoms. The molecule has 2 N–H and O–H groups in total. The average Bonchev–Trinajstić information content (AvgIpc) is 3.16. The van der Waals surface area contributed by atoms with Crippen LogP contribution in [-0.4, -0.2) is 22.5 Å². The number of nitrogens with one attached hydrogen (secondary N) is 1. The smallest absolute Gasteiger partial charge is 0.268 e. The van der Waals surface area contributed by atoms with Gasteiger partial charge in [-0.15, -0.1) is 0 Å². The van der Waals surface area contributed by atoms with Gasteiger partial charge in [-0.05, 0) is 18.6 Å². The number of carbonyl (C=O) groups excluding carboxylic acids is 1. The Labute approximate surface area is 145 Å². The van der Waals surface area contributed by atoms with Crippen molar-refractivity contribution in [3.63, 3.8) is 0 Å². The van der Waals surface area contributed by atoms with Gasteiger partial charge in [-0.3, -0.25) is 4.79 Å². The highest BCUT2D eigenvalue weighted by molar-refractivity contribution is 6.11. The summed E-state index contributed by atoms with van der Waals surface area (Å²) in [5, 5.41) is 21.1. The van der Waals surface area contributed by atoms with E-state index in [1.54, 1.807) is 17.2 Å². The number of unbranched alkanes of at least 4 members (excludes halogenated alkanes) is 1. The van der Waals surface area contributed by atoms with Gasteiger partial charge in [0.1, 0.15) is 0 Å². The number of hydrogen-bond donors (Lipinski definition) is 2. The van der Waals surface area contributed by atoms with E-state index < -0.39 is 5.60 Å². The highest BCUT2D eigenvalue weighted by Gasteiger charge is 2.51. The monoisotopic (exact) mass is 331 g/mol. The van der Waals surface area contributed by atoms with E-state index in [0.717, 1.165) is 10.9 Å². The predicted octanol–water partition coefficient (Wildman–Crippen LogP) is 3.05. The van der Waals surface area contributed by atoms with Crippen LogP contribution in [0.2, 0.25) is 0 Å². The van der Waals surface area contributed by atoms with Crippen molar-refractivity contribution in [1.29, 1.82) is 5.26 Å². The first-order valence-corrected chi connectivity index (χ1v) is 8.25. The molecule has 1 aliphatic heterocycles. The Morgan fingerprint density at radius 1 is 1.12 bits per heavy atom. The lowest BCUT2D eigenvalue weighted by Gasteiger charge is -2.23. The minimum atomic E-state index is -1.72. The minimum Gasteiger partial charge on any atom is -0.372 e. The fourth-order valence-corrected chi connectivity index (χ4v) is 3.60. The van der Waals surface area contributed by atoms with Crippen molar-refractivity contribution in [2.45, 2.75) is 18.4 Å². The molecule has 1 unspecified atom stereocenters. The summed E-state index contributed by atoms with van der Waals surface area (Å²) < 4.78 is 0. The van der Waals surface area contributed by atoms with E-state index in [2.05, 4.69) is 11.1 Å². The second kappa shape index (κ2) is 5.76. The Morgan fingerprint density at radius 3 is 2.72 bits per heavy atom. The van der Waals surface area contributed by atoms with E-state index in [1.807, 2.05) is 42.5 Å². The van der Waals surface area contributed by atoms with Crippen molar-refractivity contribution in [1.82, 2.24) is 4.98 Å². The van der Waals surface area contributed by atoms with Crippen molar-refractivity contribution in [2.75, 3.05) is 11.4 Å². The number of para-hydroxylation sites is 2. The van der Waals surface area contributed by atoms with Gasteiger partial charge in [-0.25, -0.2) is 0 Å². The molecule has 1 amide bonds. The van der Waals surface area contributed by atoms with Crippen molar-refractivity contribution in [2.24, 2.45) is 0 Å². The van der Waals surface area contributed by atoms with E-state index >= 15 is 0 Å². The zero-order valence-corrected chi connectivity index (χ0v) is 13.6. The molecule has 0 aliphatic carbocycles. The van der Waals surface area contributed by atoms with Gasteiger partial charge >= 0.3 is 0 Å². The number of aliphatic hydroxyl groups is 1. The second-order valence-electron chi connectivity index (χ2n) is 6.19. The van der Waals surface area contributed by atoms with Gasteiger partial charge in [0, 0.05) is 41.2 Å². The molecule has 1 aromatic heterocycles. The molecule has 1 atom stereocenters. The largest absolute Gasteiger partial charge is 0.372 e. The first kappa shape index (κ1) is 15.4. The fraction of sp³-hybridized carbons (Fsp3) is 0.200. The Bertz CT molecular complexity index is 1000. The number of H-pyrrole nitrogens is 1. The van der Waals surface area contributed by atoms with Gasteiger partial charge in [0.2, 0.25) is 0 Å². The number of aromatic amines is 1. The standard InChI is InChI=1S/C20H17N3O2/c21-11-5-6-12-23-18-10-4-2-8-15(18)20(25,19(23)24)16-13-22-17-9-3-1-7-14(16)17/h1-4,7-10,13,22,25H,5-6,12H2. The van der Waals surface area contributed by atoms with Crippen LogP contribution in [0.1, 0.15) is 24.0 Å². The first-order chi connectivity index (χ1) is 12.2. The van der Waals surface area contributed by atoms with Crippen LogP contribution in [0.5, 0.6) is 0 Å². The zero-order chi connectivity index (χ0) is 17.4. The second-order valence-corrected chi connectivity index (χ2v) is 6.19. The van der Waals surface area contributed by atoms with Crippen LogP contribution in [0.25, 0.3) is 10.9 Å². The van der Waals surface area contributed by atoms with Crippen molar-refractivity contribution in [3.8, 4) is 6.07 Å². The number of carbonyl (C=O) groups is 1. The maximum atomic E-state index is 13.2. The van der Waals surface area contributed by atoms with Gasteiger partial charge in [0.05, 0.1) is 11.8 Å². The van der Waals surface area contributed by atoms with Gasteiger partial charge in [-0.1, -0.05) is 36.4 Å². The number of nitriles is 1. The summed E-state index contributed by atoms with van der Waals surface area (Å²) in [5.41, 5.74) is 1.01. The lowest BCUT2D eigenvalue weighted by Crippen LogP contribution is -2.41. The van der Waals surface area contributed by atoms with Crippen LogP contribution in [0.4, 0.5) is 5.69 Å². The molecule has 0 spiro atoms. The molecule has 0 fully saturated rings. The highest BCUT2D eigenvalue weighted by Crippen LogP contribution is 2.46. The van der Waals surface area contributed by atoms with E-state index in [-0.39, 0.29) is 5.91 Å². The van der Waals surface area contributed by atoms with Crippen molar-refractivity contribution in [3.05, 3.63) is 65.9 Å². The maximum absolute atomic E-state index is 13.2. The molecular formula is C20H17N3O2. The van der Waals surface area contributed by atoms with Gasteiger partial charge in [0.25, 0.3) is 5.91 Å². The molecule has 0 radical (unpaired) electrons. The molecule has 1 aliphatic rings. The molecule has 2 heterocycles. The van der Waals surface area contributed by atoms with Crippen LogP contribution in [0.15, 0.2) is 54.7 Å². The normalized spacial score (nSPS) is 19.2. The van der Waals surface area contributed by atoms with Crippen LogP contribution < -0.4 is 4.90 Å². The lowest BCUT2D eigenvalue weighted by molar-refractivity contribution is -0.132. The predicted molar refractivity (Wildman–Crippen MR) is 94.9 cm³/mol. The molecule has 0 saturated heterocycles. The molecule has 2 aromatic carbocycles. The molecule has 124 valence electrons. The van der Waals surface area contributed by atoms with Gasteiger partial charge in [-0.2, -0.15) is 5.26 Å². The third-order valence-electron chi connectivity index (χ3n) is 4.79. The summed E-state index contributed by atoms with van der Waals surface area (Å²) in [7, 11) is 0. The summed E-state index contributed by atoms with van der Waals surface area (Å²) >= 11 is 0. The summed E-state index contributed by atoms with van der Waals surface area (Å²) in [6, 6.07) is 17.0. The molecule has 25 heavy (non-hydrogen) atoms. The third-order valence-corrected chi connectivity index (χ3v) is 4.79. The number of benzene rings is 2. The number of amides is 1. The fourth-order valence-electron chi connectivity index (χ4n) is 3.60. The number of fused-ring (bicyclic) bond motifs is 2. The molecular weight excluding hydrogens is 314 g/mol. The number of nitrogens with zero attached hydrogens (tertiary/aromatic N) is 2. The summed E-state index contributed by atoms with van der Waals surface area (Å²) in [6.07, 6.45) is 2.65. The lowest BCUT2D eigenvalue weighted by atomic mass is 9.87. The molecule has 0 bridgehead atoms. The van der Waals surface area contributed by atoms with Crippen LogP contribution in [0.3, 0.4) is 0 Å². The third kappa shape index (κ3) is 2.15. The van der Waals surface area contributed by atoms with E-state index in [1.165, 1.54) is 0 Å². The van der Waals surface area contributed by atoms with Gasteiger partial charge < -0.3 is 15.0 Å². The number of anilines is 1. The Kier molecular flexibility index (Phi) is 3.56. The zero-order valence-electron chi connectivity index (χ0n) is 13.6. The highest BCUT2D eigenvalue weighted by atomic mass is 16.3.